The Bertz CT molecular complexity index is 401. The van der Waals surface area contributed by atoms with E-state index >= 15 is 0 Å². The van der Waals surface area contributed by atoms with Crippen LogP contribution < -0.4 is 0 Å². The van der Waals surface area contributed by atoms with E-state index in [0.717, 1.165) is 11.3 Å². The molecule has 0 radical (unpaired) electrons. The van der Waals surface area contributed by atoms with Gasteiger partial charge in [-0.15, -0.1) is 0 Å². The van der Waals surface area contributed by atoms with E-state index in [-0.39, 0.29) is 0 Å². The molecule has 1 N–H and O–H groups in total. The Morgan fingerprint density at radius 3 is 2.47 bits per heavy atom. The summed E-state index contributed by atoms with van der Waals surface area (Å²) in [5.74, 6) is 0.795. The monoisotopic (exact) mass is 202 g/mol. The highest BCUT2D eigenvalue weighted by atomic mass is 16.3. The number of benzene rings is 1. The third-order valence-corrected chi connectivity index (χ3v) is 2.49. The minimum Gasteiger partial charge on any atom is -0.469 e. The molecular formula is C13H14O2. The van der Waals surface area contributed by atoms with E-state index < -0.39 is 5.60 Å². The summed E-state index contributed by atoms with van der Waals surface area (Å²) >= 11 is 0. The molecule has 0 fully saturated rings. The van der Waals surface area contributed by atoms with Crippen LogP contribution in [0.15, 0.2) is 53.1 Å². The summed E-state index contributed by atoms with van der Waals surface area (Å²) in [5, 5.41) is 10.3. The highest BCUT2D eigenvalue weighted by Crippen LogP contribution is 2.24. The molecule has 15 heavy (non-hydrogen) atoms. The first-order chi connectivity index (χ1) is 7.18. The van der Waals surface area contributed by atoms with Gasteiger partial charge < -0.3 is 9.52 Å². The number of aliphatic hydroxyl groups is 1. The SMILES string of the molecule is C[C@@](O)(Cc1ccco1)c1ccccc1. The van der Waals surface area contributed by atoms with E-state index in [1.54, 1.807) is 13.2 Å². The van der Waals surface area contributed by atoms with Crippen LogP contribution >= 0.6 is 0 Å². The molecule has 0 unspecified atom stereocenters. The van der Waals surface area contributed by atoms with Crippen LogP contribution in [0.2, 0.25) is 0 Å². The van der Waals surface area contributed by atoms with Crippen molar-refractivity contribution in [3.8, 4) is 0 Å². The zero-order valence-corrected chi connectivity index (χ0v) is 8.68. The molecule has 2 rings (SSSR count). The standard InChI is InChI=1S/C13H14O2/c1-13(14,10-12-8-5-9-15-12)11-6-3-2-4-7-11/h2-9,14H,10H2,1H3/t13-/m1/s1. The van der Waals surface area contributed by atoms with Crippen molar-refractivity contribution in [2.24, 2.45) is 0 Å². The van der Waals surface area contributed by atoms with Crippen LogP contribution in [-0.2, 0) is 12.0 Å². The highest BCUT2D eigenvalue weighted by molar-refractivity contribution is 5.23. The van der Waals surface area contributed by atoms with Crippen molar-refractivity contribution in [1.29, 1.82) is 0 Å². The van der Waals surface area contributed by atoms with Crippen LogP contribution in [0.25, 0.3) is 0 Å². The highest BCUT2D eigenvalue weighted by Gasteiger charge is 2.24. The van der Waals surface area contributed by atoms with E-state index in [9.17, 15) is 5.11 Å². The van der Waals surface area contributed by atoms with E-state index in [0.29, 0.717) is 6.42 Å². The smallest absolute Gasteiger partial charge is 0.106 e. The van der Waals surface area contributed by atoms with Gasteiger partial charge in [0.25, 0.3) is 0 Å². The van der Waals surface area contributed by atoms with E-state index in [4.69, 9.17) is 4.42 Å². The van der Waals surface area contributed by atoms with Gasteiger partial charge in [0.05, 0.1) is 11.9 Å². The summed E-state index contributed by atoms with van der Waals surface area (Å²) in [5.41, 5.74) is 0.0282. The molecule has 78 valence electrons. The quantitative estimate of drug-likeness (QED) is 0.830. The minimum absolute atomic E-state index is 0.490. The second-order valence-electron chi connectivity index (χ2n) is 3.90. The molecule has 0 saturated heterocycles. The molecule has 0 aliphatic heterocycles. The first kappa shape index (κ1) is 9.99. The first-order valence-corrected chi connectivity index (χ1v) is 4.99. The largest absolute Gasteiger partial charge is 0.469 e. The molecule has 1 aromatic carbocycles. The van der Waals surface area contributed by atoms with Crippen LogP contribution in [0.5, 0.6) is 0 Å². The lowest BCUT2D eigenvalue weighted by Crippen LogP contribution is -2.23. The van der Waals surface area contributed by atoms with Crippen molar-refractivity contribution in [3.05, 3.63) is 60.1 Å². The van der Waals surface area contributed by atoms with Crippen molar-refractivity contribution < 1.29 is 9.52 Å². The van der Waals surface area contributed by atoms with Gasteiger partial charge in [-0.3, -0.25) is 0 Å². The lowest BCUT2D eigenvalue weighted by molar-refractivity contribution is 0.0521. The molecule has 0 saturated carbocycles. The lowest BCUT2D eigenvalue weighted by atomic mass is 9.92. The predicted octanol–water partition coefficient (Wildman–Crippen LogP) is 2.73. The Morgan fingerprint density at radius 2 is 1.87 bits per heavy atom. The molecular weight excluding hydrogens is 188 g/mol. The fraction of sp³-hybridized carbons (Fsp3) is 0.231. The second kappa shape index (κ2) is 3.91. The summed E-state index contributed by atoms with van der Waals surface area (Å²) in [6.07, 6.45) is 2.11. The Kier molecular flexibility index (Phi) is 2.60. The summed E-state index contributed by atoms with van der Waals surface area (Å²) in [6.45, 7) is 1.80. The molecule has 0 amide bonds. The maximum atomic E-state index is 10.3. The summed E-state index contributed by atoms with van der Waals surface area (Å²) < 4.78 is 5.23. The van der Waals surface area contributed by atoms with Crippen LogP contribution in [0, 0.1) is 0 Å². The number of rotatable bonds is 3. The van der Waals surface area contributed by atoms with Gasteiger partial charge in [-0.2, -0.15) is 0 Å². The lowest BCUT2D eigenvalue weighted by Gasteiger charge is -2.22. The average molecular weight is 202 g/mol. The maximum Gasteiger partial charge on any atom is 0.106 e. The molecule has 0 aliphatic carbocycles. The molecule has 2 aromatic rings. The normalized spacial score (nSPS) is 14.8. The van der Waals surface area contributed by atoms with Crippen LogP contribution in [0.1, 0.15) is 18.2 Å². The summed E-state index contributed by atoms with van der Waals surface area (Å²) in [6, 6.07) is 13.3. The van der Waals surface area contributed by atoms with E-state index in [1.165, 1.54) is 0 Å². The van der Waals surface area contributed by atoms with Gasteiger partial charge in [-0.25, -0.2) is 0 Å². The van der Waals surface area contributed by atoms with Gasteiger partial charge in [0, 0.05) is 6.42 Å². The Morgan fingerprint density at radius 1 is 1.13 bits per heavy atom. The zero-order valence-electron chi connectivity index (χ0n) is 8.68. The fourth-order valence-corrected chi connectivity index (χ4v) is 1.65. The Balaban J connectivity index is 2.20. The number of furan rings is 1. The van der Waals surface area contributed by atoms with Gasteiger partial charge >= 0.3 is 0 Å². The molecule has 1 atom stereocenters. The maximum absolute atomic E-state index is 10.3. The van der Waals surface area contributed by atoms with Gasteiger partial charge in [0.2, 0.25) is 0 Å². The van der Waals surface area contributed by atoms with Crippen molar-refractivity contribution in [3.63, 3.8) is 0 Å². The Labute approximate surface area is 89.2 Å². The van der Waals surface area contributed by atoms with Gasteiger partial charge in [0.15, 0.2) is 0 Å². The summed E-state index contributed by atoms with van der Waals surface area (Å²) in [7, 11) is 0. The predicted molar refractivity (Wildman–Crippen MR) is 58.4 cm³/mol. The molecule has 0 bridgehead atoms. The van der Waals surface area contributed by atoms with Crippen LogP contribution in [0.4, 0.5) is 0 Å². The summed E-state index contributed by atoms with van der Waals surface area (Å²) in [4.78, 5) is 0. The topological polar surface area (TPSA) is 33.4 Å². The van der Waals surface area contributed by atoms with E-state index in [2.05, 4.69) is 0 Å². The van der Waals surface area contributed by atoms with Gasteiger partial charge in [0.1, 0.15) is 5.76 Å². The Hall–Kier alpha value is -1.54. The van der Waals surface area contributed by atoms with Crippen molar-refractivity contribution in [1.82, 2.24) is 0 Å². The minimum atomic E-state index is -0.876. The van der Waals surface area contributed by atoms with Gasteiger partial charge in [-0.1, -0.05) is 30.3 Å². The molecule has 1 heterocycles. The van der Waals surface area contributed by atoms with Crippen molar-refractivity contribution in [2.45, 2.75) is 18.9 Å². The first-order valence-electron chi connectivity index (χ1n) is 4.99. The molecule has 0 spiro atoms. The van der Waals surface area contributed by atoms with E-state index in [1.807, 2.05) is 42.5 Å². The zero-order chi connectivity index (χ0) is 10.7. The molecule has 2 nitrogen and oxygen atoms in total. The molecule has 1 aromatic heterocycles. The third-order valence-electron chi connectivity index (χ3n) is 2.49. The van der Waals surface area contributed by atoms with Crippen molar-refractivity contribution >= 4 is 0 Å². The number of hydrogen-bond acceptors (Lipinski definition) is 2. The van der Waals surface area contributed by atoms with Crippen LogP contribution in [0.3, 0.4) is 0 Å². The molecule has 0 aliphatic rings. The van der Waals surface area contributed by atoms with Gasteiger partial charge in [-0.05, 0) is 24.6 Å². The van der Waals surface area contributed by atoms with Crippen molar-refractivity contribution in [2.75, 3.05) is 0 Å². The average Bonchev–Trinajstić information content (AvgIpc) is 2.71. The molecule has 2 heteroatoms. The van der Waals surface area contributed by atoms with Crippen LogP contribution in [-0.4, -0.2) is 5.11 Å². The fourth-order valence-electron chi connectivity index (χ4n) is 1.65. The number of hydrogen-bond donors (Lipinski definition) is 1. The second-order valence-corrected chi connectivity index (χ2v) is 3.90. The third kappa shape index (κ3) is 2.28.